The van der Waals surface area contributed by atoms with Gasteiger partial charge in [0.15, 0.2) is 0 Å². The fraction of sp³-hybridized carbons (Fsp3) is 0.739. The monoisotopic (exact) mass is 396 g/mol. The van der Waals surface area contributed by atoms with E-state index in [9.17, 15) is 9.79 Å². The lowest BCUT2D eigenvalue weighted by Crippen LogP contribution is -2.02. The Kier molecular flexibility index (Phi) is 12.2. The van der Waals surface area contributed by atoms with Gasteiger partial charge in [-0.25, -0.2) is 0 Å². The van der Waals surface area contributed by atoms with E-state index in [0.29, 0.717) is 5.75 Å². The van der Waals surface area contributed by atoms with Gasteiger partial charge in [0.1, 0.15) is 5.75 Å². The van der Waals surface area contributed by atoms with Gasteiger partial charge in [-0.3, -0.25) is 0 Å². The first-order valence-corrected chi connectivity index (χ1v) is 11.9. The second kappa shape index (κ2) is 13.5. The van der Waals surface area contributed by atoms with Crippen LogP contribution < -0.4 is 4.52 Å². The molecule has 0 heterocycles. The van der Waals surface area contributed by atoms with Crippen molar-refractivity contribution in [3.05, 3.63) is 28.8 Å². The van der Waals surface area contributed by atoms with Gasteiger partial charge >= 0.3 is 8.60 Å². The highest BCUT2D eigenvalue weighted by molar-refractivity contribution is 7.39. The number of hydrogen-bond donors (Lipinski definition) is 2. The molecule has 0 fully saturated rings. The van der Waals surface area contributed by atoms with Crippen LogP contribution in [0.25, 0.3) is 0 Å². The van der Waals surface area contributed by atoms with Crippen LogP contribution in [0.2, 0.25) is 0 Å². The van der Waals surface area contributed by atoms with Gasteiger partial charge in [-0.2, -0.15) is 0 Å². The molecule has 0 atom stereocenters. The summed E-state index contributed by atoms with van der Waals surface area (Å²) in [6.45, 7) is 11.1. The molecule has 4 heteroatoms. The molecule has 0 spiro atoms. The first kappa shape index (κ1) is 24.4. The Morgan fingerprint density at radius 2 is 1.37 bits per heavy atom. The minimum atomic E-state index is -2.38. The molecule has 0 saturated heterocycles. The van der Waals surface area contributed by atoms with E-state index in [2.05, 4.69) is 39.8 Å². The van der Waals surface area contributed by atoms with Crippen LogP contribution in [0.1, 0.15) is 95.8 Å². The molecule has 0 bridgehead atoms. The molecular weight excluding hydrogens is 355 g/mol. The zero-order chi connectivity index (χ0) is 20.2. The summed E-state index contributed by atoms with van der Waals surface area (Å²) < 4.78 is 5.45. The van der Waals surface area contributed by atoms with E-state index in [1.54, 1.807) is 0 Å². The summed E-state index contributed by atoms with van der Waals surface area (Å²) in [6.07, 6.45) is 11.9. The standard InChI is InChI=1S/C23H41O3P/c1-18(2)12-8-6-10-14-21-17-16-20(5)23(26-27(24)25)22(21)15-11-7-9-13-19(3)4/h16-19,24-25H,6-15H2,1-5H3. The summed E-state index contributed by atoms with van der Waals surface area (Å²) in [4.78, 5) is 18.8. The number of benzene rings is 1. The second-order valence-electron chi connectivity index (χ2n) is 8.68. The van der Waals surface area contributed by atoms with Crippen LogP contribution in [0, 0.1) is 18.8 Å². The Morgan fingerprint density at radius 3 is 1.89 bits per heavy atom. The third-order valence-electron chi connectivity index (χ3n) is 5.16. The summed E-state index contributed by atoms with van der Waals surface area (Å²) in [7, 11) is -2.38. The number of hydrogen-bond acceptors (Lipinski definition) is 3. The summed E-state index contributed by atoms with van der Waals surface area (Å²) in [5.74, 6) is 2.24. The molecule has 0 aliphatic carbocycles. The molecule has 0 radical (unpaired) electrons. The highest BCUT2D eigenvalue weighted by Gasteiger charge is 2.16. The Morgan fingerprint density at radius 1 is 0.815 bits per heavy atom. The summed E-state index contributed by atoms with van der Waals surface area (Å²) in [5, 5.41) is 0. The van der Waals surface area contributed by atoms with Gasteiger partial charge in [-0.15, -0.1) is 0 Å². The smallest absolute Gasteiger partial charge is 0.391 e. The predicted octanol–water partition coefficient (Wildman–Crippen LogP) is 7.10. The SMILES string of the molecule is Cc1ccc(CCCCCC(C)C)c(CCCCCC(C)C)c1OP(O)O. The zero-order valence-corrected chi connectivity index (χ0v) is 19.0. The van der Waals surface area contributed by atoms with Crippen molar-refractivity contribution in [1.82, 2.24) is 0 Å². The normalized spacial score (nSPS) is 11.8. The predicted molar refractivity (Wildman–Crippen MR) is 117 cm³/mol. The third kappa shape index (κ3) is 10.5. The van der Waals surface area contributed by atoms with E-state index in [0.717, 1.165) is 36.7 Å². The van der Waals surface area contributed by atoms with E-state index in [1.165, 1.54) is 56.1 Å². The van der Waals surface area contributed by atoms with E-state index >= 15 is 0 Å². The van der Waals surface area contributed by atoms with Gasteiger partial charge in [-0.1, -0.05) is 78.4 Å². The van der Waals surface area contributed by atoms with Crippen LogP contribution >= 0.6 is 8.60 Å². The second-order valence-corrected chi connectivity index (χ2v) is 9.37. The Balaban J connectivity index is 2.74. The maximum absolute atomic E-state index is 9.41. The fourth-order valence-electron chi connectivity index (χ4n) is 3.58. The average molecular weight is 397 g/mol. The third-order valence-corrected chi connectivity index (χ3v) is 5.51. The van der Waals surface area contributed by atoms with E-state index in [1.807, 2.05) is 6.92 Å². The molecule has 27 heavy (non-hydrogen) atoms. The molecule has 1 aromatic carbocycles. The van der Waals surface area contributed by atoms with Gasteiger partial charge < -0.3 is 14.3 Å². The van der Waals surface area contributed by atoms with Crippen molar-refractivity contribution >= 4 is 8.60 Å². The first-order valence-electron chi connectivity index (χ1n) is 10.8. The average Bonchev–Trinajstić information content (AvgIpc) is 2.57. The molecule has 0 amide bonds. The Bertz CT molecular complexity index is 527. The topological polar surface area (TPSA) is 49.7 Å². The maximum atomic E-state index is 9.41. The number of unbranched alkanes of at least 4 members (excludes halogenated alkanes) is 4. The van der Waals surface area contributed by atoms with Crippen LogP contribution in [0.5, 0.6) is 5.75 Å². The summed E-state index contributed by atoms with van der Waals surface area (Å²) >= 11 is 0. The van der Waals surface area contributed by atoms with Crippen molar-refractivity contribution < 1.29 is 14.3 Å². The van der Waals surface area contributed by atoms with Crippen LogP contribution in [-0.4, -0.2) is 9.79 Å². The maximum Gasteiger partial charge on any atom is 0.391 e. The molecule has 1 rings (SSSR count). The zero-order valence-electron chi connectivity index (χ0n) is 18.1. The van der Waals surface area contributed by atoms with Crippen molar-refractivity contribution in [2.24, 2.45) is 11.8 Å². The minimum Gasteiger partial charge on any atom is -0.426 e. The van der Waals surface area contributed by atoms with Gasteiger partial charge in [0, 0.05) is 0 Å². The molecule has 0 aliphatic heterocycles. The molecular formula is C23H41O3P. The molecule has 3 nitrogen and oxygen atoms in total. The number of aryl methyl sites for hydroxylation is 2. The van der Waals surface area contributed by atoms with Crippen LogP contribution in [0.4, 0.5) is 0 Å². The Hall–Kier alpha value is -0.630. The lowest BCUT2D eigenvalue weighted by atomic mass is 9.93. The lowest BCUT2D eigenvalue weighted by molar-refractivity contribution is 0.371. The quantitative estimate of drug-likeness (QED) is 0.260. The highest BCUT2D eigenvalue weighted by Crippen LogP contribution is 2.37. The van der Waals surface area contributed by atoms with Gasteiger partial charge in [-0.05, 0) is 61.1 Å². The van der Waals surface area contributed by atoms with Crippen molar-refractivity contribution in [3.63, 3.8) is 0 Å². The highest BCUT2D eigenvalue weighted by atomic mass is 31.2. The van der Waals surface area contributed by atoms with E-state index in [4.69, 9.17) is 4.52 Å². The summed E-state index contributed by atoms with van der Waals surface area (Å²) in [6, 6.07) is 4.27. The van der Waals surface area contributed by atoms with Gasteiger partial charge in [0.05, 0.1) is 0 Å². The number of rotatable bonds is 14. The van der Waals surface area contributed by atoms with Crippen molar-refractivity contribution in [3.8, 4) is 5.75 Å². The van der Waals surface area contributed by atoms with Crippen molar-refractivity contribution in [2.75, 3.05) is 0 Å². The first-order chi connectivity index (χ1) is 12.8. The van der Waals surface area contributed by atoms with E-state index < -0.39 is 8.60 Å². The minimum absolute atomic E-state index is 0.703. The Labute approximate surface area is 168 Å². The van der Waals surface area contributed by atoms with Crippen LogP contribution in [0.15, 0.2) is 12.1 Å². The molecule has 2 N–H and O–H groups in total. The van der Waals surface area contributed by atoms with Crippen LogP contribution in [0.3, 0.4) is 0 Å². The molecule has 0 unspecified atom stereocenters. The largest absolute Gasteiger partial charge is 0.426 e. The lowest BCUT2D eigenvalue weighted by Gasteiger charge is -2.18. The van der Waals surface area contributed by atoms with Crippen molar-refractivity contribution in [1.29, 1.82) is 0 Å². The molecule has 0 aromatic heterocycles. The van der Waals surface area contributed by atoms with Gasteiger partial charge in [0.25, 0.3) is 0 Å². The van der Waals surface area contributed by atoms with E-state index in [-0.39, 0.29) is 0 Å². The van der Waals surface area contributed by atoms with Crippen LogP contribution in [-0.2, 0) is 12.8 Å². The molecule has 156 valence electrons. The molecule has 0 saturated carbocycles. The van der Waals surface area contributed by atoms with Crippen molar-refractivity contribution in [2.45, 2.75) is 98.8 Å². The van der Waals surface area contributed by atoms with Gasteiger partial charge in [0.2, 0.25) is 0 Å². The molecule has 0 aliphatic rings. The summed E-state index contributed by atoms with van der Waals surface area (Å²) in [5.41, 5.74) is 3.51. The fourth-order valence-corrected chi connectivity index (χ4v) is 4.00. The molecule has 1 aromatic rings.